The Kier molecular flexibility index (Phi) is 7.33. The number of amides is 1. The maximum atomic E-state index is 13.1. The number of amidine groups is 1. The van der Waals surface area contributed by atoms with Crippen molar-refractivity contribution >= 4 is 62.4 Å². The summed E-state index contributed by atoms with van der Waals surface area (Å²) >= 11 is 2.80. The summed E-state index contributed by atoms with van der Waals surface area (Å²) in [6.45, 7) is 7.01. The van der Waals surface area contributed by atoms with Crippen LogP contribution in [0.15, 0.2) is 63.9 Å². The Bertz CT molecular complexity index is 1480. The second kappa shape index (κ2) is 10.8. The minimum absolute atomic E-state index is 0.138. The Morgan fingerprint density at radius 1 is 1.11 bits per heavy atom. The molecule has 4 aromatic rings. The molecule has 8 nitrogen and oxygen atoms in total. The molecule has 1 N–H and O–H groups in total. The van der Waals surface area contributed by atoms with Gasteiger partial charge in [0.05, 0.1) is 16.5 Å². The lowest BCUT2D eigenvalue weighted by Gasteiger charge is -2.16. The number of carbonyl (C=O) groups excluding carboxylic acids is 1. The second-order valence-electron chi connectivity index (χ2n) is 8.55. The summed E-state index contributed by atoms with van der Waals surface area (Å²) in [6.07, 6.45) is 1.60. The third kappa shape index (κ3) is 5.01. The SMILES string of the molecule is CCCn1c2ccccc2c2nnc(S[C@@H](CC)C(=O)NC3=NN=C(c4ccc(C)cc4)CS3)nc21. The minimum Gasteiger partial charge on any atom is -0.324 e. The number of aryl methyl sites for hydroxylation is 2. The van der Waals surface area contributed by atoms with Crippen LogP contribution in [0.2, 0.25) is 0 Å². The zero-order chi connectivity index (χ0) is 25.1. The molecule has 10 heteroatoms. The molecule has 0 saturated carbocycles. The van der Waals surface area contributed by atoms with Gasteiger partial charge in [0.2, 0.25) is 11.1 Å². The number of rotatable bonds is 7. The fourth-order valence-electron chi connectivity index (χ4n) is 4.07. The van der Waals surface area contributed by atoms with E-state index in [1.807, 2.05) is 37.3 Å². The minimum atomic E-state index is -0.376. The Labute approximate surface area is 218 Å². The highest BCUT2D eigenvalue weighted by Gasteiger charge is 2.24. The van der Waals surface area contributed by atoms with Crippen molar-refractivity contribution < 1.29 is 4.79 Å². The Balaban J connectivity index is 1.32. The van der Waals surface area contributed by atoms with Crippen molar-refractivity contribution in [3.63, 3.8) is 0 Å². The highest BCUT2D eigenvalue weighted by molar-refractivity contribution is 8.14. The molecular weight excluding hydrogens is 490 g/mol. The Morgan fingerprint density at radius 3 is 2.64 bits per heavy atom. The summed E-state index contributed by atoms with van der Waals surface area (Å²) < 4.78 is 2.18. The molecule has 0 radical (unpaired) electrons. The monoisotopic (exact) mass is 517 g/mol. The fourth-order valence-corrected chi connectivity index (χ4v) is 5.66. The van der Waals surface area contributed by atoms with Gasteiger partial charge in [-0.1, -0.05) is 85.4 Å². The number of para-hydroxylation sites is 1. The van der Waals surface area contributed by atoms with Crippen LogP contribution < -0.4 is 5.32 Å². The van der Waals surface area contributed by atoms with E-state index in [4.69, 9.17) is 4.98 Å². The van der Waals surface area contributed by atoms with Crippen molar-refractivity contribution in [2.75, 3.05) is 5.75 Å². The molecule has 0 bridgehead atoms. The first kappa shape index (κ1) is 24.5. The van der Waals surface area contributed by atoms with Crippen molar-refractivity contribution in [3.8, 4) is 0 Å². The normalized spacial score (nSPS) is 14.5. The van der Waals surface area contributed by atoms with E-state index in [0.29, 0.717) is 22.5 Å². The third-order valence-corrected chi connectivity index (χ3v) is 8.03. The van der Waals surface area contributed by atoms with E-state index in [1.54, 1.807) is 0 Å². The molecule has 1 amide bonds. The first-order valence-electron chi connectivity index (χ1n) is 12.0. The molecule has 1 aliphatic heterocycles. The van der Waals surface area contributed by atoms with Gasteiger partial charge in [0.15, 0.2) is 10.8 Å². The molecule has 1 atom stereocenters. The number of nitrogens with one attached hydrogen (secondary N) is 1. The number of thioether (sulfide) groups is 2. The molecule has 0 saturated heterocycles. The molecule has 2 aromatic heterocycles. The van der Waals surface area contributed by atoms with Crippen molar-refractivity contribution in [3.05, 3.63) is 59.7 Å². The lowest BCUT2D eigenvalue weighted by atomic mass is 10.1. The summed E-state index contributed by atoms with van der Waals surface area (Å²) in [6, 6.07) is 16.4. The second-order valence-corrected chi connectivity index (χ2v) is 10.7. The lowest BCUT2D eigenvalue weighted by Crippen LogP contribution is -2.37. The van der Waals surface area contributed by atoms with Crippen LogP contribution in [-0.4, -0.2) is 47.5 Å². The van der Waals surface area contributed by atoms with Crippen LogP contribution in [0, 0.1) is 6.92 Å². The van der Waals surface area contributed by atoms with Gasteiger partial charge in [-0.15, -0.1) is 15.3 Å². The highest BCUT2D eigenvalue weighted by Crippen LogP contribution is 2.29. The molecule has 2 aromatic carbocycles. The highest BCUT2D eigenvalue weighted by atomic mass is 32.2. The quantitative estimate of drug-likeness (QED) is 0.339. The van der Waals surface area contributed by atoms with Gasteiger partial charge in [-0.3, -0.25) is 4.79 Å². The van der Waals surface area contributed by atoms with E-state index in [0.717, 1.165) is 46.3 Å². The summed E-state index contributed by atoms with van der Waals surface area (Å²) in [5.41, 5.74) is 5.83. The smallest absolute Gasteiger partial charge is 0.239 e. The molecule has 36 heavy (non-hydrogen) atoms. The van der Waals surface area contributed by atoms with E-state index >= 15 is 0 Å². The standard InChI is InChI=1S/C26H27N7OS2/c1-4-14-33-20-9-7-6-8-18(20)22-23(33)27-26(32-30-22)36-21(5-2)24(34)28-25-31-29-19(15-35-25)17-12-10-16(3)11-13-17/h6-13,21H,4-5,14-15H2,1-3H3,(H,28,31,34)/t21-/m0/s1. The van der Waals surface area contributed by atoms with Crippen LogP contribution in [0.25, 0.3) is 22.1 Å². The van der Waals surface area contributed by atoms with Crippen molar-refractivity contribution in [2.24, 2.45) is 10.2 Å². The van der Waals surface area contributed by atoms with Gasteiger partial charge in [0.25, 0.3) is 0 Å². The molecule has 184 valence electrons. The number of aromatic nitrogens is 4. The molecule has 3 heterocycles. The number of benzene rings is 2. The molecule has 0 unspecified atom stereocenters. The van der Waals surface area contributed by atoms with Crippen LogP contribution >= 0.6 is 23.5 Å². The lowest BCUT2D eigenvalue weighted by molar-refractivity contribution is -0.119. The zero-order valence-corrected chi connectivity index (χ0v) is 22.1. The van der Waals surface area contributed by atoms with Crippen LogP contribution in [0.5, 0.6) is 0 Å². The van der Waals surface area contributed by atoms with Crippen molar-refractivity contribution in [1.29, 1.82) is 0 Å². The molecule has 1 aliphatic rings. The van der Waals surface area contributed by atoms with Crippen molar-refractivity contribution in [2.45, 2.75) is 50.6 Å². The number of nitrogens with zero attached hydrogens (tertiary/aromatic N) is 6. The predicted octanol–water partition coefficient (Wildman–Crippen LogP) is 5.19. The first-order chi connectivity index (χ1) is 17.6. The van der Waals surface area contributed by atoms with E-state index in [9.17, 15) is 4.79 Å². The Hall–Kier alpha value is -3.24. The Morgan fingerprint density at radius 2 is 1.92 bits per heavy atom. The largest absolute Gasteiger partial charge is 0.324 e. The number of hydrogen-bond acceptors (Lipinski definition) is 8. The average molecular weight is 518 g/mol. The predicted molar refractivity (Wildman–Crippen MR) is 149 cm³/mol. The summed E-state index contributed by atoms with van der Waals surface area (Å²) in [5, 5.41) is 22.0. The first-order valence-corrected chi connectivity index (χ1v) is 13.9. The van der Waals surface area contributed by atoms with Gasteiger partial charge < -0.3 is 9.88 Å². The number of carbonyl (C=O) groups is 1. The van der Waals surface area contributed by atoms with Crippen LogP contribution in [0.4, 0.5) is 0 Å². The van der Waals surface area contributed by atoms with Crippen LogP contribution in [0.1, 0.15) is 37.8 Å². The average Bonchev–Trinajstić information content (AvgIpc) is 3.21. The molecule has 0 fully saturated rings. The molecule has 0 spiro atoms. The molecular formula is C26H27N7OS2. The van der Waals surface area contributed by atoms with E-state index in [2.05, 4.69) is 62.3 Å². The number of fused-ring (bicyclic) bond motifs is 3. The van der Waals surface area contributed by atoms with Crippen LogP contribution in [0.3, 0.4) is 0 Å². The zero-order valence-electron chi connectivity index (χ0n) is 20.4. The molecule has 5 rings (SSSR count). The van der Waals surface area contributed by atoms with Gasteiger partial charge in [-0.05, 0) is 31.4 Å². The van der Waals surface area contributed by atoms with Crippen LogP contribution in [-0.2, 0) is 11.3 Å². The molecule has 0 aliphatic carbocycles. The summed E-state index contributed by atoms with van der Waals surface area (Å²) in [4.78, 5) is 17.9. The topological polar surface area (TPSA) is 97.4 Å². The van der Waals surface area contributed by atoms with Gasteiger partial charge in [-0.25, -0.2) is 4.98 Å². The van der Waals surface area contributed by atoms with Gasteiger partial charge in [0.1, 0.15) is 5.52 Å². The van der Waals surface area contributed by atoms with E-state index in [-0.39, 0.29) is 11.2 Å². The maximum absolute atomic E-state index is 13.1. The van der Waals surface area contributed by atoms with Gasteiger partial charge in [0, 0.05) is 17.7 Å². The summed E-state index contributed by atoms with van der Waals surface area (Å²) in [5.74, 6) is 0.512. The summed E-state index contributed by atoms with van der Waals surface area (Å²) in [7, 11) is 0. The number of hydrogen-bond donors (Lipinski definition) is 1. The fraction of sp³-hybridized carbons (Fsp3) is 0.308. The van der Waals surface area contributed by atoms with Crippen molar-refractivity contribution in [1.82, 2.24) is 25.1 Å². The third-order valence-electron chi connectivity index (χ3n) is 5.93. The maximum Gasteiger partial charge on any atom is 0.239 e. The van der Waals surface area contributed by atoms with Gasteiger partial charge in [-0.2, -0.15) is 5.10 Å². The van der Waals surface area contributed by atoms with E-state index in [1.165, 1.54) is 29.1 Å². The van der Waals surface area contributed by atoms with E-state index < -0.39 is 0 Å². The van der Waals surface area contributed by atoms with Gasteiger partial charge >= 0.3 is 0 Å².